The van der Waals surface area contributed by atoms with E-state index in [2.05, 4.69) is 15.3 Å². The van der Waals surface area contributed by atoms with Gasteiger partial charge < -0.3 is 15.8 Å². The highest BCUT2D eigenvalue weighted by atomic mass is 32.2. The van der Waals surface area contributed by atoms with Crippen LogP contribution >= 0.6 is 11.8 Å². The topological polar surface area (TPSA) is 107 Å². The van der Waals surface area contributed by atoms with Crippen LogP contribution in [0.2, 0.25) is 0 Å². The van der Waals surface area contributed by atoms with E-state index in [1.807, 2.05) is 0 Å². The molecule has 1 amide bonds. The van der Waals surface area contributed by atoms with E-state index in [1.54, 1.807) is 19.1 Å². The maximum atomic E-state index is 13.2. The molecule has 0 radical (unpaired) electrons. The minimum Gasteiger partial charge on any atom is -0.462 e. The molecule has 27 heavy (non-hydrogen) atoms. The number of nitrogens with zero attached hydrogens (tertiary/aromatic N) is 2. The number of benzene rings is 1. The molecule has 2 aromatic rings. The molecular weight excluding hydrogens is 371 g/mol. The van der Waals surface area contributed by atoms with Crippen LogP contribution in [0.25, 0.3) is 0 Å². The Morgan fingerprint density at radius 1 is 1.37 bits per heavy atom. The summed E-state index contributed by atoms with van der Waals surface area (Å²) in [4.78, 5) is 32.7. The fourth-order valence-electron chi connectivity index (χ4n) is 2.32. The van der Waals surface area contributed by atoms with E-state index >= 15 is 0 Å². The number of nitrogens with one attached hydrogen (secondary N) is 1. The van der Waals surface area contributed by atoms with Crippen molar-refractivity contribution in [3.63, 3.8) is 0 Å². The van der Waals surface area contributed by atoms with Gasteiger partial charge in [0, 0.05) is 12.2 Å². The first-order valence-electron chi connectivity index (χ1n) is 8.50. The van der Waals surface area contributed by atoms with E-state index < -0.39 is 11.2 Å². The Balaban J connectivity index is 1.82. The molecule has 1 aromatic carbocycles. The van der Waals surface area contributed by atoms with Gasteiger partial charge in [-0.3, -0.25) is 4.79 Å². The summed E-state index contributed by atoms with van der Waals surface area (Å²) in [6, 6.07) is 5.88. The highest BCUT2D eigenvalue weighted by Crippen LogP contribution is 2.35. The molecule has 1 atom stereocenters. The van der Waals surface area contributed by atoms with Crippen LogP contribution in [-0.4, -0.2) is 34.5 Å². The van der Waals surface area contributed by atoms with Gasteiger partial charge in [0.1, 0.15) is 22.4 Å². The van der Waals surface area contributed by atoms with Crippen molar-refractivity contribution in [2.75, 3.05) is 12.3 Å². The lowest BCUT2D eigenvalue weighted by atomic mass is 10.1. The number of rotatable bonds is 7. The Morgan fingerprint density at radius 2 is 2.07 bits per heavy atom. The first-order chi connectivity index (χ1) is 13.0. The molecule has 9 heteroatoms. The van der Waals surface area contributed by atoms with Crippen molar-refractivity contribution in [2.24, 2.45) is 0 Å². The number of hydrogen-bond donors (Lipinski definition) is 2. The summed E-state index contributed by atoms with van der Waals surface area (Å²) in [5.74, 6) is -1.21. The Kier molecular flexibility index (Phi) is 5.90. The number of carbonyl (C=O) groups excluding carboxylic acids is 2. The first kappa shape index (κ1) is 19.1. The number of anilines is 1. The first-order valence-corrected chi connectivity index (χ1v) is 9.38. The van der Waals surface area contributed by atoms with Gasteiger partial charge in [0.2, 0.25) is 5.91 Å². The third-order valence-electron chi connectivity index (χ3n) is 3.85. The molecule has 1 heterocycles. The van der Waals surface area contributed by atoms with Gasteiger partial charge >= 0.3 is 5.97 Å². The summed E-state index contributed by atoms with van der Waals surface area (Å²) in [5.41, 5.74) is 6.53. The van der Waals surface area contributed by atoms with Crippen molar-refractivity contribution in [1.29, 1.82) is 0 Å². The van der Waals surface area contributed by atoms with E-state index in [9.17, 15) is 14.0 Å². The van der Waals surface area contributed by atoms with Gasteiger partial charge in [0.15, 0.2) is 5.16 Å². The molecule has 0 aliphatic heterocycles. The van der Waals surface area contributed by atoms with Gasteiger partial charge in [-0.25, -0.2) is 19.2 Å². The predicted octanol–water partition coefficient (Wildman–Crippen LogP) is 2.49. The van der Waals surface area contributed by atoms with Crippen LogP contribution in [0.5, 0.6) is 0 Å². The van der Waals surface area contributed by atoms with Gasteiger partial charge in [-0.05, 0) is 37.5 Å². The maximum absolute atomic E-state index is 13.2. The van der Waals surface area contributed by atoms with Crippen molar-refractivity contribution < 1.29 is 18.7 Å². The minimum atomic E-state index is -0.668. The number of halogens is 1. The number of hydrogen-bond acceptors (Lipinski definition) is 7. The highest BCUT2D eigenvalue weighted by Gasteiger charge is 2.30. The second-order valence-electron chi connectivity index (χ2n) is 6.00. The third-order valence-corrected chi connectivity index (χ3v) is 4.98. The van der Waals surface area contributed by atoms with E-state index in [0.717, 1.165) is 24.6 Å². The summed E-state index contributed by atoms with van der Waals surface area (Å²) >= 11 is 1.08. The van der Waals surface area contributed by atoms with Crippen molar-refractivity contribution in [3.05, 3.63) is 47.4 Å². The van der Waals surface area contributed by atoms with Crippen LogP contribution in [0, 0.1) is 5.82 Å². The summed E-state index contributed by atoms with van der Waals surface area (Å²) in [6.07, 6.45) is 3.18. The molecule has 1 aliphatic carbocycles. The smallest absolute Gasteiger partial charge is 0.343 e. The summed E-state index contributed by atoms with van der Waals surface area (Å²) in [5, 5.41) is 2.50. The monoisotopic (exact) mass is 390 g/mol. The SMILES string of the molecule is CCOC(=O)c1cnc(SC(C(=O)NC2CC2)c2ccc(F)cc2)nc1N. The van der Waals surface area contributed by atoms with Crippen LogP contribution in [0.4, 0.5) is 10.2 Å². The molecule has 7 nitrogen and oxygen atoms in total. The van der Waals surface area contributed by atoms with Crippen molar-refractivity contribution in [1.82, 2.24) is 15.3 Å². The fraction of sp³-hybridized carbons (Fsp3) is 0.333. The molecule has 0 spiro atoms. The zero-order valence-corrected chi connectivity index (χ0v) is 15.5. The minimum absolute atomic E-state index is 0.0218. The van der Waals surface area contributed by atoms with Gasteiger partial charge in [0.05, 0.1) is 6.61 Å². The zero-order chi connectivity index (χ0) is 19.4. The number of nitrogen functional groups attached to an aromatic ring is 1. The Morgan fingerprint density at radius 3 is 2.67 bits per heavy atom. The van der Waals surface area contributed by atoms with Crippen LogP contribution in [0.15, 0.2) is 35.6 Å². The summed E-state index contributed by atoms with van der Waals surface area (Å²) in [7, 11) is 0. The predicted molar refractivity (Wildman–Crippen MR) is 98.6 cm³/mol. The van der Waals surface area contributed by atoms with Crippen LogP contribution in [0.1, 0.15) is 40.9 Å². The molecule has 1 aromatic heterocycles. The van der Waals surface area contributed by atoms with Gasteiger partial charge in [0.25, 0.3) is 0 Å². The molecule has 0 saturated heterocycles. The van der Waals surface area contributed by atoms with Crippen molar-refractivity contribution >= 4 is 29.5 Å². The highest BCUT2D eigenvalue weighted by molar-refractivity contribution is 8.00. The molecule has 142 valence electrons. The fourth-order valence-corrected chi connectivity index (χ4v) is 3.27. The van der Waals surface area contributed by atoms with Gasteiger partial charge in [-0.2, -0.15) is 0 Å². The number of amides is 1. The number of thioether (sulfide) groups is 1. The van der Waals surface area contributed by atoms with Gasteiger partial charge in [-0.15, -0.1) is 0 Å². The molecule has 1 saturated carbocycles. The molecule has 3 N–H and O–H groups in total. The summed E-state index contributed by atoms with van der Waals surface area (Å²) in [6.45, 7) is 1.90. The molecule has 3 rings (SSSR count). The molecular formula is C18H19FN4O3S. The normalized spacial score (nSPS) is 14.4. The molecule has 0 bridgehead atoms. The van der Waals surface area contributed by atoms with E-state index in [0.29, 0.717) is 5.56 Å². The second kappa shape index (κ2) is 8.34. The van der Waals surface area contributed by atoms with E-state index in [1.165, 1.54) is 18.3 Å². The maximum Gasteiger partial charge on any atom is 0.343 e. The number of esters is 1. The molecule has 1 fully saturated rings. The van der Waals surface area contributed by atoms with E-state index in [-0.39, 0.29) is 40.9 Å². The number of aromatic nitrogens is 2. The van der Waals surface area contributed by atoms with Crippen LogP contribution in [0.3, 0.4) is 0 Å². The second-order valence-corrected chi connectivity index (χ2v) is 7.08. The van der Waals surface area contributed by atoms with E-state index in [4.69, 9.17) is 10.5 Å². The Bertz CT molecular complexity index is 843. The zero-order valence-electron chi connectivity index (χ0n) is 14.6. The quantitative estimate of drug-likeness (QED) is 0.425. The number of ether oxygens (including phenoxy) is 1. The van der Waals surface area contributed by atoms with Crippen molar-refractivity contribution in [2.45, 2.75) is 36.2 Å². The lowest BCUT2D eigenvalue weighted by molar-refractivity contribution is -0.120. The van der Waals surface area contributed by atoms with Gasteiger partial charge in [-0.1, -0.05) is 23.9 Å². The standard InChI is InChI=1S/C18H19FN4O3S/c1-2-26-17(25)13-9-21-18(23-15(13)20)27-14(16(24)22-12-7-8-12)10-3-5-11(19)6-4-10/h3-6,9,12,14H,2,7-8H2,1H3,(H,22,24)(H2,20,21,23). The van der Waals surface area contributed by atoms with Crippen molar-refractivity contribution in [3.8, 4) is 0 Å². The number of carbonyl (C=O) groups is 2. The average Bonchev–Trinajstić information content (AvgIpc) is 3.44. The largest absolute Gasteiger partial charge is 0.462 e. The third kappa shape index (κ3) is 4.94. The average molecular weight is 390 g/mol. The Labute approximate surface area is 159 Å². The van der Waals surface area contributed by atoms with Crippen LogP contribution < -0.4 is 11.1 Å². The Hall–Kier alpha value is -2.68. The molecule has 1 unspecified atom stereocenters. The summed E-state index contributed by atoms with van der Waals surface area (Å²) < 4.78 is 18.1. The lowest BCUT2D eigenvalue weighted by Crippen LogP contribution is -2.29. The van der Waals surface area contributed by atoms with Crippen LogP contribution in [-0.2, 0) is 9.53 Å². The number of nitrogens with two attached hydrogens (primary N) is 1. The lowest BCUT2D eigenvalue weighted by Gasteiger charge is -2.16. The molecule has 1 aliphatic rings.